The molecule has 0 aliphatic carbocycles. The van der Waals surface area contributed by atoms with E-state index in [0.717, 1.165) is 12.8 Å². The van der Waals surface area contributed by atoms with Crippen LogP contribution in [0.25, 0.3) is 0 Å². The molecule has 0 fully saturated rings. The molecular formula is C16H26N2O. The van der Waals surface area contributed by atoms with Crippen molar-refractivity contribution in [3.8, 4) is 0 Å². The van der Waals surface area contributed by atoms with Crippen LogP contribution in [-0.4, -0.2) is 18.5 Å². The Bertz CT molecular complexity index is 407. The number of carbonyl (C=O) groups excluding carboxylic acids is 1. The lowest BCUT2D eigenvalue weighted by atomic mass is 10.00. The van der Waals surface area contributed by atoms with E-state index in [1.54, 1.807) is 0 Å². The van der Waals surface area contributed by atoms with Crippen molar-refractivity contribution in [2.45, 2.75) is 46.6 Å². The fourth-order valence-corrected chi connectivity index (χ4v) is 2.30. The predicted octanol–water partition coefficient (Wildman–Crippen LogP) is 2.34. The molecule has 0 saturated heterocycles. The summed E-state index contributed by atoms with van der Waals surface area (Å²) in [5.41, 5.74) is 9.72. The molecule has 0 aliphatic rings. The smallest absolute Gasteiger partial charge is 0.236 e. The van der Waals surface area contributed by atoms with E-state index in [9.17, 15) is 4.79 Å². The molecule has 0 aliphatic heterocycles. The van der Waals surface area contributed by atoms with Crippen molar-refractivity contribution in [1.82, 2.24) is 5.32 Å². The van der Waals surface area contributed by atoms with Crippen LogP contribution in [-0.2, 0) is 11.2 Å². The van der Waals surface area contributed by atoms with Crippen LogP contribution in [0, 0.1) is 19.8 Å². The molecule has 0 unspecified atom stereocenters. The molecule has 3 N–H and O–H groups in total. The Labute approximate surface area is 116 Å². The first-order chi connectivity index (χ1) is 8.91. The summed E-state index contributed by atoms with van der Waals surface area (Å²) in [5, 5.41) is 2.93. The van der Waals surface area contributed by atoms with Gasteiger partial charge >= 0.3 is 0 Å². The molecule has 3 nitrogen and oxygen atoms in total. The van der Waals surface area contributed by atoms with E-state index >= 15 is 0 Å². The second kappa shape index (κ2) is 7.29. The largest absolute Gasteiger partial charge is 0.354 e. The average Bonchev–Trinajstić information content (AvgIpc) is 2.31. The minimum atomic E-state index is -0.391. The Kier molecular flexibility index (Phi) is 6.03. The minimum absolute atomic E-state index is 0.0417. The molecule has 106 valence electrons. The highest BCUT2D eigenvalue weighted by molar-refractivity contribution is 5.81. The van der Waals surface area contributed by atoms with Crippen LogP contribution in [0.5, 0.6) is 0 Å². The van der Waals surface area contributed by atoms with Gasteiger partial charge in [0.25, 0.3) is 0 Å². The quantitative estimate of drug-likeness (QED) is 0.826. The normalized spacial score (nSPS) is 12.5. The summed E-state index contributed by atoms with van der Waals surface area (Å²) in [6, 6.07) is 5.88. The molecular weight excluding hydrogens is 236 g/mol. The Morgan fingerprint density at radius 2 is 1.84 bits per heavy atom. The standard InChI is InChI=1S/C16H26N2O/c1-11(2)10-15(17)16(19)18-9-8-14-12(3)6-5-7-13(14)4/h5-7,11,15H,8-10,17H2,1-4H3,(H,18,19)/t15-/m0/s1. The summed E-state index contributed by atoms with van der Waals surface area (Å²) in [5.74, 6) is 0.402. The molecule has 0 aromatic heterocycles. The number of carbonyl (C=O) groups is 1. The fraction of sp³-hybridized carbons (Fsp3) is 0.562. The monoisotopic (exact) mass is 262 g/mol. The lowest BCUT2D eigenvalue weighted by Gasteiger charge is -2.15. The van der Waals surface area contributed by atoms with Gasteiger partial charge < -0.3 is 11.1 Å². The van der Waals surface area contributed by atoms with E-state index in [1.807, 2.05) is 0 Å². The summed E-state index contributed by atoms with van der Waals surface area (Å²) >= 11 is 0. The molecule has 1 atom stereocenters. The van der Waals surface area contributed by atoms with Gasteiger partial charge in [-0.05, 0) is 49.3 Å². The second-order valence-corrected chi connectivity index (χ2v) is 5.65. The number of aryl methyl sites for hydroxylation is 2. The van der Waals surface area contributed by atoms with Crippen molar-refractivity contribution in [2.24, 2.45) is 11.7 Å². The molecule has 0 saturated carbocycles. The molecule has 0 bridgehead atoms. The van der Waals surface area contributed by atoms with Crippen molar-refractivity contribution in [1.29, 1.82) is 0 Å². The maximum absolute atomic E-state index is 11.8. The highest BCUT2D eigenvalue weighted by atomic mass is 16.2. The number of benzene rings is 1. The van der Waals surface area contributed by atoms with Gasteiger partial charge in [-0.15, -0.1) is 0 Å². The molecule has 1 aromatic rings. The minimum Gasteiger partial charge on any atom is -0.354 e. The van der Waals surface area contributed by atoms with Gasteiger partial charge in [0.15, 0.2) is 0 Å². The first kappa shape index (κ1) is 15.7. The van der Waals surface area contributed by atoms with Crippen molar-refractivity contribution in [3.63, 3.8) is 0 Å². The van der Waals surface area contributed by atoms with Crippen molar-refractivity contribution < 1.29 is 4.79 Å². The predicted molar refractivity (Wildman–Crippen MR) is 80.1 cm³/mol. The van der Waals surface area contributed by atoms with Gasteiger partial charge in [-0.3, -0.25) is 4.79 Å². The molecule has 0 radical (unpaired) electrons. The molecule has 19 heavy (non-hydrogen) atoms. The lowest BCUT2D eigenvalue weighted by Crippen LogP contribution is -2.42. The number of nitrogens with two attached hydrogens (primary N) is 1. The third-order valence-corrected chi connectivity index (χ3v) is 3.38. The molecule has 1 aromatic carbocycles. The molecule has 1 amide bonds. The van der Waals surface area contributed by atoms with E-state index in [0.29, 0.717) is 12.5 Å². The molecule has 1 rings (SSSR count). The number of hydrogen-bond acceptors (Lipinski definition) is 2. The van der Waals surface area contributed by atoms with E-state index in [1.165, 1.54) is 16.7 Å². The van der Waals surface area contributed by atoms with Gasteiger partial charge in [-0.25, -0.2) is 0 Å². The first-order valence-electron chi connectivity index (χ1n) is 7.00. The Morgan fingerprint density at radius 3 is 2.37 bits per heavy atom. The van der Waals surface area contributed by atoms with Crippen molar-refractivity contribution >= 4 is 5.91 Å². The van der Waals surface area contributed by atoms with Crippen LogP contribution in [0.3, 0.4) is 0 Å². The first-order valence-corrected chi connectivity index (χ1v) is 7.00. The zero-order valence-electron chi connectivity index (χ0n) is 12.5. The lowest BCUT2D eigenvalue weighted by molar-refractivity contribution is -0.122. The Hall–Kier alpha value is -1.35. The van der Waals surface area contributed by atoms with Crippen molar-refractivity contribution in [3.05, 3.63) is 34.9 Å². The summed E-state index contributed by atoms with van der Waals surface area (Å²) in [6.45, 7) is 9.01. The van der Waals surface area contributed by atoms with Gasteiger partial charge in [0, 0.05) is 6.54 Å². The Balaban J connectivity index is 2.44. The van der Waals surface area contributed by atoms with Gasteiger partial charge in [-0.2, -0.15) is 0 Å². The Morgan fingerprint density at radius 1 is 1.26 bits per heavy atom. The van der Waals surface area contributed by atoms with Crippen LogP contribution in [0.15, 0.2) is 18.2 Å². The van der Waals surface area contributed by atoms with Crippen LogP contribution >= 0.6 is 0 Å². The topological polar surface area (TPSA) is 55.1 Å². The summed E-state index contributed by atoms with van der Waals surface area (Å²) in [7, 11) is 0. The number of nitrogens with one attached hydrogen (secondary N) is 1. The fourth-order valence-electron chi connectivity index (χ4n) is 2.30. The highest BCUT2D eigenvalue weighted by Gasteiger charge is 2.14. The van der Waals surface area contributed by atoms with E-state index < -0.39 is 6.04 Å². The van der Waals surface area contributed by atoms with Gasteiger partial charge in [0.2, 0.25) is 5.91 Å². The van der Waals surface area contributed by atoms with Crippen LogP contribution in [0.2, 0.25) is 0 Å². The van der Waals surface area contributed by atoms with Gasteiger partial charge in [-0.1, -0.05) is 32.0 Å². The third-order valence-electron chi connectivity index (χ3n) is 3.38. The van der Waals surface area contributed by atoms with Gasteiger partial charge in [0.1, 0.15) is 0 Å². The van der Waals surface area contributed by atoms with E-state index in [2.05, 4.69) is 51.2 Å². The molecule has 0 heterocycles. The maximum Gasteiger partial charge on any atom is 0.236 e. The summed E-state index contributed by atoms with van der Waals surface area (Å²) < 4.78 is 0. The number of rotatable bonds is 6. The van der Waals surface area contributed by atoms with E-state index in [-0.39, 0.29) is 5.91 Å². The van der Waals surface area contributed by atoms with Crippen LogP contribution in [0.4, 0.5) is 0 Å². The third kappa shape index (κ3) is 5.03. The highest BCUT2D eigenvalue weighted by Crippen LogP contribution is 2.13. The van der Waals surface area contributed by atoms with Crippen LogP contribution in [0.1, 0.15) is 37.0 Å². The summed E-state index contributed by atoms with van der Waals surface area (Å²) in [6.07, 6.45) is 1.59. The average molecular weight is 262 g/mol. The van der Waals surface area contributed by atoms with Crippen molar-refractivity contribution in [2.75, 3.05) is 6.54 Å². The molecule has 3 heteroatoms. The zero-order chi connectivity index (χ0) is 14.4. The van der Waals surface area contributed by atoms with E-state index in [4.69, 9.17) is 5.73 Å². The van der Waals surface area contributed by atoms with Crippen LogP contribution < -0.4 is 11.1 Å². The molecule has 0 spiro atoms. The second-order valence-electron chi connectivity index (χ2n) is 5.65. The summed E-state index contributed by atoms with van der Waals surface area (Å²) in [4.78, 5) is 11.8. The maximum atomic E-state index is 11.8. The zero-order valence-corrected chi connectivity index (χ0v) is 12.5. The number of hydrogen-bond donors (Lipinski definition) is 2. The van der Waals surface area contributed by atoms with Gasteiger partial charge in [0.05, 0.1) is 6.04 Å². The number of amides is 1. The SMILES string of the molecule is Cc1cccc(C)c1CCNC(=O)[C@@H](N)CC(C)C.